The van der Waals surface area contributed by atoms with Gasteiger partial charge in [-0.25, -0.2) is 4.79 Å². The molecule has 4 aromatic carbocycles. The van der Waals surface area contributed by atoms with Crippen LogP contribution in [0.5, 0.6) is 5.75 Å². The fraction of sp³-hybridized carbons (Fsp3) is 0.229. The number of aliphatic carboxylic acids is 1. The molecule has 4 rings (SSSR count). The molecule has 2 N–H and O–H groups in total. The van der Waals surface area contributed by atoms with Crippen molar-refractivity contribution >= 4 is 40.6 Å². The number of rotatable bonds is 14. The molecule has 0 saturated heterocycles. The third-order valence-corrected chi connectivity index (χ3v) is 7.14. The molecule has 0 bridgehead atoms. The van der Waals surface area contributed by atoms with Gasteiger partial charge in [-0.15, -0.1) is 0 Å². The van der Waals surface area contributed by atoms with Gasteiger partial charge in [0.1, 0.15) is 11.8 Å². The number of benzene rings is 4. The summed E-state index contributed by atoms with van der Waals surface area (Å²) in [5, 5.41) is 13.6. The van der Waals surface area contributed by atoms with Gasteiger partial charge in [-0.2, -0.15) is 0 Å². The van der Waals surface area contributed by atoms with Crippen molar-refractivity contribution in [3.05, 3.63) is 125 Å². The first kappa shape index (κ1) is 31.3. The van der Waals surface area contributed by atoms with Crippen molar-refractivity contribution in [1.29, 1.82) is 0 Å². The molecule has 0 radical (unpaired) electrons. The Kier molecular flexibility index (Phi) is 10.9. The summed E-state index contributed by atoms with van der Waals surface area (Å²) in [7, 11) is 0. The zero-order valence-corrected chi connectivity index (χ0v) is 25.0. The van der Waals surface area contributed by atoms with Crippen LogP contribution < -0.4 is 15.0 Å². The van der Waals surface area contributed by atoms with E-state index in [2.05, 4.69) is 5.32 Å². The van der Waals surface area contributed by atoms with Gasteiger partial charge in [0.25, 0.3) is 0 Å². The SMILES string of the molecule is CC(C)C(=O)N(CCCOc1ccc(C[C@H](Nc2ccccc2C(=O)c2ccccc2)C(=O)O)cc1)c1ccc(Cl)cc1. The van der Waals surface area contributed by atoms with Gasteiger partial charge < -0.3 is 20.1 Å². The van der Waals surface area contributed by atoms with Crippen LogP contribution in [-0.2, 0) is 16.0 Å². The van der Waals surface area contributed by atoms with Gasteiger partial charge in [0.05, 0.1) is 6.61 Å². The van der Waals surface area contributed by atoms with Gasteiger partial charge in [-0.1, -0.05) is 80.0 Å². The zero-order chi connectivity index (χ0) is 30.8. The molecule has 43 heavy (non-hydrogen) atoms. The minimum atomic E-state index is -1.02. The van der Waals surface area contributed by atoms with Gasteiger partial charge in [-0.05, 0) is 60.5 Å². The lowest BCUT2D eigenvalue weighted by molar-refractivity contribution is -0.137. The highest BCUT2D eigenvalue weighted by Crippen LogP contribution is 2.23. The lowest BCUT2D eigenvalue weighted by Crippen LogP contribution is -2.35. The molecule has 0 aliphatic carbocycles. The lowest BCUT2D eigenvalue weighted by Gasteiger charge is -2.25. The molecule has 8 heteroatoms. The molecule has 0 aliphatic heterocycles. The summed E-state index contributed by atoms with van der Waals surface area (Å²) in [5.41, 5.74) is 3.00. The summed E-state index contributed by atoms with van der Waals surface area (Å²) in [5.74, 6) is -0.676. The summed E-state index contributed by atoms with van der Waals surface area (Å²) >= 11 is 6.01. The van der Waals surface area contributed by atoms with Crippen molar-refractivity contribution < 1.29 is 24.2 Å². The number of ether oxygens (including phenoxy) is 1. The number of carboxylic acids is 1. The highest BCUT2D eigenvalue weighted by Gasteiger charge is 2.22. The standard InChI is InChI=1S/C35H35ClN2O5/c1-24(2)34(40)38(28-17-15-27(36)16-18-28)21-8-22-43-29-19-13-25(14-20-29)23-32(35(41)42)37-31-12-7-6-11-30(31)33(39)26-9-4-3-5-10-26/h3-7,9-20,24,32,37H,8,21-23H2,1-2H3,(H,41,42)/t32-/m0/s1. The second kappa shape index (κ2) is 15.0. The highest BCUT2D eigenvalue weighted by molar-refractivity contribution is 6.30. The monoisotopic (exact) mass is 598 g/mol. The van der Waals surface area contributed by atoms with E-state index in [9.17, 15) is 19.5 Å². The number of carboxylic acid groups (broad SMARTS) is 1. The summed E-state index contributed by atoms with van der Waals surface area (Å²) < 4.78 is 5.91. The number of nitrogens with zero attached hydrogens (tertiary/aromatic N) is 1. The fourth-order valence-electron chi connectivity index (χ4n) is 4.61. The predicted molar refractivity (Wildman–Crippen MR) is 170 cm³/mol. The van der Waals surface area contributed by atoms with Crippen LogP contribution in [-0.4, -0.2) is 42.0 Å². The van der Waals surface area contributed by atoms with E-state index in [1.165, 1.54) is 0 Å². The maximum absolute atomic E-state index is 13.1. The summed E-state index contributed by atoms with van der Waals surface area (Å²) in [4.78, 5) is 39.8. The first-order valence-corrected chi connectivity index (χ1v) is 14.6. The third-order valence-electron chi connectivity index (χ3n) is 6.89. The smallest absolute Gasteiger partial charge is 0.326 e. The largest absolute Gasteiger partial charge is 0.494 e. The Bertz CT molecular complexity index is 1520. The number of halogens is 1. The van der Waals surface area contributed by atoms with Gasteiger partial charge in [-0.3, -0.25) is 9.59 Å². The second-order valence-electron chi connectivity index (χ2n) is 10.4. The van der Waals surface area contributed by atoms with Crippen molar-refractivity contribution in [3.63, 3.8) is 0 Å². The number of anilines is 2. The number of carbonyl (C=O) groups excluding carboxylic acids is 2. The zero-order valence-electron chi connectivity index (χ0n) is 24.2. The highest BCUT2D eigenvalue weighted by atomic mass is 35.5. The number of para-hydroxylation sites is 1. The van der Waals surface area contributed by atoms with Crippen LogP contribution in [0.25, 0.3) is 0 Å². The number of ketones is 1. The van der Waals surface area contributed by atoms with Crippen LogP contribution in [0.1, 0.15) is 41.8 Å². The van der Waals surface area contributed by atoms with E-state index in [-0.39, 0.29) is 24.0 Å². The average Bonchev–Trinajstić information content (AvgIpc) is 3.02. The quantitative estimate of drug-likeness (QED) is 0.118. The molecule has 7 nitrogen and oxygen atoms in total. The van der Waals surface area contributed by atoms with E-state index in [1.54, 1.807) is 77.7 Å². The molecule has 0 spiro atoms. The van der Waals surface area contributed by atoms with Crippen molar-refractivity contribution in [2.24, 2.45) is 5.92 Å². The molecule has 0 aliphatic rings. The van der Waals surface area contributed by atoms with E-state index in [1.807, 2.05) is 44.2 Å². The van der Waals surface area contributed by atoms with Crippen molar-refractivity contribution in [2.75, 3.05) is 23.4 Å². The lowest BCUT2D eigenvalue weighted by atomic mass is 10.00. The molecule has 0 fully saturated rings. The van der Waals surface area contributed by atoms with Crippen LogP contribution in [0, 0.1) is 5.92 Å². The number of hydrogen-bond donors (Lipinski definition) is 2. The Hall–Kier alpha value is -4.62. The predicted octanol–water partition coefficient (Wildman–Crippen LogP) is 7.14. The topological polar surface area (TPSA) is 95.9 Å². The Labute approximate surface area is 257 Å². The van der Waals surface area contributed by atoms with E-state index in [0.29, 0.717) is 47.2 Å². The molecule has 0 aromatic heterocycles. The molecule has 4 aromatic rings. The maximum atomic E-state index is 13.1. The molecule has 222 valence electrons. The molecular formula is C35H35ClN2O5. The number of hydrogen-bond acceptors (Lipinski definition) is 5. The van der Waals surface area contributed by atoms with E-state index in [4.69, 9.17) is 16.3 Å². The minimum absolute atomic E-state index is 0.0281. The second-order valence-corrected chi connectivity index (χ2v) is 10.9. The Morgan fingerprint density at radius 2 is 1.51 bits per heavy atom. The van der Waals surface area contributed by atoms with E-state index >= 15 is 0 Å². The third kappa shape index (κ3) is 8.69. The average molecular weight is 599 g/mol. The molecule has 1 atom stereocenters. The van der Waals surface area contributed by atoms with Crippen LogP contribution in [0.4, 0.5) is 11.4 Å². The number of amides is 1. The Morgan fingerprint density at radius 3 is 2.16 bits per heavy atom. The summed E-state index contributed by atoms with van der Waals surface area (Å²) in [6.45, 7) is 4.64. The maximum Gasteiger partial charge on any atom is 0.326 e. The number of carbonyl (C=O) groups is 3. The Balaban J connectivity index is 1.34. The fourth-order valence-corrected chi connectivity index (χ4v) is 4.74. The molecule has 1 amide bonds. The van der Waals surface area contributed by atoms with Gasteiger partial charge >= 0.3 is 5.97 Å². The Morgan fingerprint density at radius 1 is 0.860 bits per heavy atom. The van der Waals surface area contributed by atoms with Crippen LogP contribution >= 0.6 is 11.6 Å². The van der Waals surface area contributed by atoms with E-state index in [0.717, 1.165) is 11.3 Å². The summed E-state index contributed by atoms with van der Waals surface area (Å²) in [6, 6.07) is 29.3. The van der Waals surface area contributed by atoms with Gasteiger partial charge in [0, 0.05) is 46.4 Å². The van der Waals surface area contributed by atoms with Crippen LogP contribution in [0.2, 0.25) is 5.02 Å². The van der Waals surface area contributed by atoms with E-state index < -0.39 is 12.0 Å². The van der Waals surface area contributed by atoms with Crippen molar-refractivity contribution in [2.45, 2.75) is 32.7 Å². The van der Waals surface area contributed by atoms with Gasteiger partial charge in [0.15, 0.2) is 5.78 Å². The molecule has 0 unspecified atom stereocenters. The number of nitrogens with one attached hydrogen (secondary N) is 1. The molecule has 0 saturated carbocycles. The first-order valence-electron chi connectivity index (χ1n) is 14.2. The molecule has 0 heterocycles. The van der Waals surface area contributed by atoms with Crippen LogP contribution in [0.3, 0.4) is 0 Å². The first-order chi connectivity index (χ1) is 20.7. The van der Waals surface area contributed by atoms with Crippen molar-refractivity contribution in [3.8, 4) is 5.75 Å². The summed E-state index contributed by atoms with van der Waals surface area (Å²) in [6.07, 6.45) is 0.825. The normalized spacial score (nSPS) is 11.5. The molecular weight excluding hydrogens is 564 g/mol. The van der Waals surface area contributed by atoms with Gasteiger partial charge in [0.2, 0.25) is 5.91 Å². The van der Waals surface area contributed by atoms with Crippen LogP contribution in [0.15, 0.2) is 103 Å². The van der Waals surface area contributed by atoms with Crippen molar-refractivity contribution in [1.82, 2.24) is 0 Å². The minimum Gasteiger partial charge on any atom is -0.494 e.